The van der Waals surface area contributed by atoms with Crippen LogP contribution in [0.15, 0.2) is 36.0 Å². The molecule has 8 heteroatoms. The number of aromatic hydroxyl groups is 1. The fraction of sp³-hybridized carbons (Fsp3) is 0.143. The molecule has 0 radical (unpaired) electrons. The van der Waals surface area contributed by atoms with E-state index in [0.717, 1.165) is 5.56 Å². The third-order valence-corrected chi connectivity index (χ3v) is 2.89. The topological polar surface area (TPSA) is 108 Å². The van der Waals surface area contributed by atoms with Crippen molar-refractivity contribution in [3.63, 3.8) is 0 Å². The quantitative estimate of drug-likeness (QED) is 0.490. The van der Waals surface area contributed by atoms with Crippen molar-refractivity contribution in [2.75, 3.05) is 12.0 Å². The Morgan fingerprint density at radius 2 is 2.27 bits per heavy atom. The first kappa shape index (κ1) is 13.8. The summed E-state index contributed by atoms with van der Waals surface area (Å²) in [6.07, 6.45) is 4.56. The number of anilines is 1. The van der Waals surface area contributed by atoms with E-state index in [1.807, 2.05) is 6.92 Å². The average molecular weight is 298 g/mol. The molecule has 0 amide bonds. The monoisotopic (exact) mass is 298 g/mol. The van der Waals surface area contributed by atoms with Crippen molar-refractivity contribution in [2.45, 2.75) is 6.92 Å². The number of hydrogen-bond donors (Lipinski definition) is 3. The Kier molecular flexibility index (Phi) is 3.82. The largest absolute Gasteiger partial charge is 0.504 e. The van der Waals surface area contributed by atoms with Gasteiger partial charge in [0.1, 0.15) is 11.8 Å². The summed E-state index contributed by atoms with van der Waals surface area (Å²) in [5.74, 6) is 1.05. The maximum atomic E-state index is 9.65. The van der Waals surface area contributed by atoms with Crippen LogP contribution >= 0.6 is 0 Å². The zero-order valence-corrected chi connectivity index (χ0v) is 11.8. The average Bonchev–Trinajstić information content (AvgIpc) is 3.00. The maximum absolute atomic E-state index is 9.65. The molecule has 0 unspecified atom stereocenters. The number of phenols is 1. The van der Waals surface area contributed by atoms with Crippen LogP contribution in [0.2, 0.25) is 0 Å². The number of H-pyrrole nitrogens is 1. The Bertz CT molecular complexity index is 814. The summed E-state index contributed by atoms with van der Waals surface area (Å²) in [6.45, 7) is 2.33. The molecule has 1 aromatic carbocycles. The van der Waals surface area contributed by atoms with Crippen molar-refractivity contribution in [3.05, 3.63) is 36.4 Å². The van der Waals surface area contributed by atoms with E-state index in [-0.39, 0.29) is 5.75 Å². The molecule has 0 aliphatic carbocycles. The van der Waals surface area contributed by atoms with Crippen LogP contribution in [-0.4, -0.2) is 37.9 Å². The zero-order valence-electron chi connectivity index (χ0n) is 11.8. The summed E-state index contributed by atoms with van der Waals surface area (Å²) in [5.41, 5.74) is 4.86. The SMILES string of the molecule is CCOc1cc(C=NNc2ncnc3nc[nH]c23)ccc1O. The number of aromatic amines is 1. The molecule has 0 spiro atoms. The first-order valence-electron chi connectivity index (χ1n) is 6.67. The summed E-state index contributed by atoms with van der Waals surface area (Å²) in [4.78, 5) is 15.1. The number of phenolic OH excluding ortho intramolecular Hbond substituents is 1. The molecule has 8 nitrogen and oxygen atoms in total. The van der Waals surface area contributed by atoms with Crippen molar-refractivity contribution < 1.29 is 9.84 Å². The number of benzene rings is 1. The van der Waals surface area contributed by atoms with Gasteiger partial charge in [-0.1, -0.05) is 0 Å². The first-order chi connectivity index (χ1) is 10.8. The van der Waals surface area contributed by atoms with E-state index in [1.165, 1.54) is 6.33 Å². The zero-order chi connectivity index (χ0) is 15.4. The van der Waals surface area contributed by atoms with Crippen molar-refractivity contribution in [3.8, 4) is 11.5 Å². The number of nitrogens with zero attached hydrogens (tertiary/aromatic N) is 4. The normalized spacial score (nSPS) is 11.1. The van der Waals surface area contributed by atoms with Gasteiger partial charge in [-0.05, 0) is 30.7 Å². The van der Waals surface area contributed by atoms with Crippen LogP contribution in [0.1, 0.15) is 12.5 Å². The minimum Gasteiger partial charge on any atom is -0.504 e. The smallest absolute Gasteiger partial charge is 0.182 e. The highest BCUT2D eigenvalue weighted by Gasteiger charge is 2.04. The highest BCUT2D eigenvalue weighted by Crippen LogP contribution is 2.26. The van der Waals surface area contributed by atoms with Gasteiger partial charge >= 0.3 is 0 Å². The standard InChI is InChI=1S/C14H14N6O2/c1-2-22-11-5-9(3-4-10(11)21)6-19-20-14-12-13(16-7-15-12)17-8-18-14/h3-8,21H,2H2,1H3,(H2,15,16,17,18,20). The summed E-state index contributed by atoms with van der Waals surface area (Å²) < 4.78 is 5.32. The minimum absolute atomic E-state index is 0.0990. The van der Waals surface area contributed by atoms with E-state index in [1.54, 1.807) is 30.7 Å². The van der Waals surface area contributed by atoms with Gasteiger partial charge in [-0.3, -0.25) is 5.43 Å². The Labute approximate surface area is 125 Å². The molecular formula is C14H14N6O2. The number of rotatable bonds is 5. The molecule has 22 heavy (non-hydrogen) atoms. The molecule has 0 aliphatic heterocycles. The lowest BCUT2D eigenvalue weighted by atomic mass is 10.2. The lowest BCUT2D eigenvalue weighted by molar-refractivity contribution is 0.318. The van der Waals surface area contributed by atoms with Gasteiger partial charge in [0.25, 0.3) is 0 Å². The molecule has 0 atom stereocenters. The first-order valence-corrected chi connectivity index (χ1v) is 6.67. The van der Waals surface area contributed by atoms with Gasteiger partial charge in [0.2, 0.25) is 0 Å². The second-order valence-electron chi connectivity index (χ2n) is 4.35. The van der Waals surface area contributed by atoms with E-state index in [0.29, 0.717) is 29.3 Å². The molecule has 0 saturated carbocycles. The van der Waals surface area contributed by atoms with Gasteiger partial charge in [-0.25, -0.2) is 15.0 Å². The maximum Gasteiger partial charge on any atom is 0.182 e. The molecule has 2 aromatic heterocycles. The van der Waals surface area contributed by atoms with Crippen LogP contribution in [0.4, 0.5) is 5.82 Å². The second kappa shape index (κ2) is 6.08. The number of hydrazone groups is 1. The van der Waals surface area contributed by atoms with Crippen LogP contribution in [0.25, 0.3) is 11.2 Å². The Morgan fingerprint density at radius 3 is 3.14 bits per heavy atom. The molecule has 0 bridgehead atoms. The lowest BCUT2D eigenvalue weighted by Gasteiger charge is -2.06. The van der Waals surface area contributed by atoms with Gasteiger partial charge in [0, 0.05) is 0 Å². The van der Waals surface area contributed by atoms with E-state index in [4.69, 9.17) is 4.74 Å². The molecule has 0 fully saturated rings. The van der Waals surface area contributed by atoms with Crippen LogP contribution < -0.4 is 10.2 Å². The van der Waals surface area contributed by atoms with Crippen LogP contribution in [0.5, 0.6) is 11.5 Å². The number of imidazole rings is 1. The Balaban J connectivity index is 1.77. The van der Waals surface area contributed by atoms with Crippen molar-refractivity contribution in [2.24, 2.45) is 5.10 Å². The van der Waals surface area contributed by atoms with Crippen LogP contribution in [-0.2, 0) is 0 Å². The van der Waals surface area contributed by atoms with Crippen LogP contribution in [0.3, 0.4) is 0 Å². The van der Waals surface area contributed by atoms with Crippen molar-refractivity contribution in [1.82, 2.24) is 19.9 Å². The highest BCUT2D eigenvalue weighted by atomic mass is 16.5. The second-order valence-corrected chi connectivity index (χ2v) is 4.35. The van der Waals surface area contributed by atoms with Gasteiger partial charge in [-0.15, -0.1) is 0 Å². The van der Waals surface area contributed by atoms with E-state index in [2.05, 4.69) is 30.5 Å². The summed E-state index contributed by atoms with van der Waals surface area (Å²) >= 11 is 0. The van der Waals surface area contributed by atoms with Gasteiger partial charge < -0.3 is 14.8 Å². The number of nitrogens with one attached hydrogen (secondary N) is 2. The van der Waals surface area contributed by atoms with Gasteiger partial charge in [-0.2, -0.15) is 5.10 Å². The third kappa shape index (κ3) is 2.80. The predicted molar refractivity (Wildman–Crippen MR) is 82.2 cm³/mol. The molecular weight excluding hydrogens is 284 g/mol. The molecule has 3 rings (SSSR count). The molecule has 0 saturated heterocycles. The number of aromatic nitrogens is 4. The molecule has 3 aromatic rings. The van der Waals surface area contributed by atoms with Crippen LogP contribution in [0, 0.1) is 0 Å². The number of ether oxygens (including phenoxy) is 1. The molecule has 0 aliphatic rings. The molecule has 2 heterocycles. The number of hydrogen-bond acceptors (Lipinski definition) is 7. The minimum atomic E-state index is 0.0990. The summed E-state index contributed by atoms with van der Waals surface area (Å²) in [6, 6.07) is 4.99. The van der Waals surface area contributed by atoms with Crippen molar-refractivity contribution in [1.29, 1.82) is 0 Å². The van der Waals surface area contributed by atoms with Crippen molar-refractivity contribution >= 4 is 23.2 Å². The third-order valence-electron chi connectivity index (χ3n) is 2.89. The van der Waals surface area contributed by atoms with Gasteiger partial charge in [0.05, 0.1) is 19.1 Å². The fourth-order valence-electron chi connectivity index (χ4n) is 1.90. The fourth-order valence-corrected chi connectivity index (χ4v) is 1.90. The Hall–Kier alpha value is -3.16. The summed E-state index contributed by atoms with van der Waals surface area (Å²) in [7, 11) is 0. The highest BCUT2D eigenvalue weighted by molar-refractivity contribution is 5.84. The van der Waals surface area contributed by atoms with E-state index < -0.39 is 0 Å². The molecule has 3 N–H and O–H groups in total. The van der Waals surface area contributed by atoms with E-state index in [9.17, 15) is 5.11 Å². The van der Waals surface area contributed by atoms with Gasteiger partial charge in [0.15, 0.2) is 23.0 Å². The summed E-state index contributed by atoms with van der Waals surface area (Å²) in [5, 5.41) is 13.8. The lowest BCUT2D eigenvalue weighted by Crippen LogP contribution is -1.96. The molecule has 112 valence electrons. The van der Waals surface area contributed by atoms with E-state index >= 15 is 0 Å². The predicted octanol–water partition coefficient (Wildman–Crippen LogP) is 1.90. The number of fused-ring (bicyclic) bond motifs is 1. The Morgan fingerprint density at radius 1 is 1.36 bits per heavy atom.